The first-order chi connectivity index (χ1) is 11.5. The summed E-state index contributed by atoms with van der Waals surface area (Å²) in [4.78, 5) is 39.2. The Morgan fingerprint density at radius 3 is 2.75 bits per heavy atom. The lowest BCUT2D eigenvalue weighted by molar-refractivity contribution is -0.132. The summed E-state index contributed by atoms with van der Waals surface area (Å²) in [6.45, 7) is 4.54. The second-order valence-corrected chi connectivity index (χ2v) is 5.95. The minimum atomic E-state index is -0.603. The van der Waals surface area contributed by atoms with Gasteiger partial charge in [0, 0.05) is 19.2 Å². The van der Waals surface area contributed by atoms with Crippen LogP contribution in [0.15, 0.2) is 18.2 Å². The lowest BCUT2D eigenvalue weighted by Gasteiger charge is -2.34. The number of aldehydes is 1. The fraction of sp³-hybridized carbons (Fsp3) is 0.500. The predicted molar refractivity (Wildman–Crippen MR) is 91.4 cm³/mol. The molecule has 0 saturated heterocycles. The summed E-state index contributed by atoms with van der Waals surface area (Å²) < 4.78 is 5.70. The molecular weight excluding hydrogens is 308 g/mol. The summed E-state index contributed by atoms with van der Waals surface area (Å²) in [6, 6.07) is 4.90. The second-order valence-electron chi connectivity index (χ2n) is 5.95. The van der Waals surface area contributed by atoms with Crippen LogP contribution in [0.2, 0.25) is 0 Å². The summed E-state index contributed by atoms with van der Waals surface area (Å²) in [5, 5.41) is 0. The van der Waals surface area contributed by atoms with Crippen LogP contribution in [0.5, 0.6) is 5.75 Å². The number of hydrogen-bond donors (Lipinski definition) is 0. The van der Waals surface area contributed by atoms with Crippen LogP contribution >= 0.6 is 0 Å². The zero-order valence-electron chi connectivity index (χ0n) is 14.4. The third-order valence-corrected chi connectivity index (χ3v) is 4.16. The average molecular weight is 332 g/mol. The molecule has 0 aliphatic carbocycles. The summed E-state index contributed by atoms with van der Waals surface area (Å²) in [7, 11) is 1.74. The molecule has 1 aromatic rings. The van der Waals surface area contributed by atoms with Crippen molar-refractivity contribution in [3.05, 3.63) is 23.8 Å². The van der Waals surface area contributed by atoms with E-state index in [0.29, 0.717) is 36.3 Å². The van der Waals surface area contributed by atoms with Crippen molar-refractivity contribution in [3.63, 3.8) is 0 Å². The van der Waals surface area contributed by atoms with Crippen molar-refractivity contribution in [2.45, 2.75) is 39.2 Å². The average Bonchev–Trinajstić information content (AvgIpc) is 2.60. The number of rotatable bonds is 7. The first-order valence-corrected chi connectivity index (χ1v) is 8.33. The van der Waals surface area contributed by atoms with Gasteiger partial charge in [-0.1, -0.05) is 20.3 Å². The highest BCUT2D eigenvalue weighted by Crippen LogP contribution is 2.35. The number of nitrogens with zero attached hydrogens (tertiary/aromatic N) is 2. The molecule has 0 aromatic heterocycles. The lowest BCUT2D eigenvalue weighted by Crippen LogP contribution is -2.50. The van der Waals surface area contributed by atoms with E-state index in [-0.39, 0.29) is 18.4 Å². The van der Waals surface area contributed by atoms with Gasteiger partial charge in [0.25, 0.3) is 5.91 Å². The van der Waals surface area contributed by atoms with Gasteiger partial charge in [0.1, 0.15) is 18.6 Å². The van der Waals surface area contributed by atoms with E-state index in [4.69, 9.17) is 4.74 Å². The van der Waals surface area contributed by atoms with E-state index < -0.39 is 6.10 Å². The van der Waals surface area contributed by atoms with Gasteiger partial charge < -0.3 is 9.64 Å². The number of likely N-dealkylation sites (N-methyl/N-ethyl adjacent to an activating group) is 1. The molecule has 2 amide bonds. The van der Waals surface area contributed by atoms with Crippen molar-refractivity contribution < 1.29 is 19.1 Å². The molecule has 1 atom stereocenters. The van der Waals surface area contributed by atoms with E-state index >= 15 is 0 Å². The zero-order chi connectivity index (χ0) is 17.7. The molecule has 1 heterocycles. The number of amides is 2. The number of fused-ring (bicyclic) bond motifs is 1. The standard InChI is InChI=1S/C18H24N2O4/c1-4-6-9-19(3)17(22)11-20-14-10-13(12-21)7-8-16(14)24-15(5-2)18(20)23/h7-8,10,12,15H,4-6,9,11H2,1-3H3. The molecule has 0 spiro atoms. The maximum atomic E-state index is 12.6. The smallest absolute Gasteiger partial charge is 0.268 e. The molecule has 0 radical (unpaired) electrons. The van der Waals surface area contributed by atoms with Crippen molar-refractivity contribution >= 4 is 23.8 Å². The van der Waals surface area contributed by atoms with E-state index in [0.717, 1.165) is 12.8 Å². The van der Waals surface area contributed by atoms with Crippen LogP contribution in [0.3, 0.4) is 0 Å². The second kappa shape index (κ2) is 7.95. The van der Waals surface area contributed by atoms with Crippen molar-refractivity contribution in [1.29, 1.82) is 0 Å². The van der Waals surface area contributed by atoms with Gasteiger partial charge in [-0.15, -0.1) is 0 Å². The number of ether oxygens (including phenoxy) is 1. The minimum absolute atomic E-state index is 0.0474. The maximum absolute atomic E-state index is 12.6. The molecule has 1 aliphatic rings. The normalized spacial score (nSPS) is 16.4. The van der Waals surface area contributed by atoms with Crippen molar-refractivity contribution in [2.24, 2.45) is 0 Å². The molecule has 6 heteroatoms. The van der Waals surface area contributed by atoms with Crippen molar-refractivity contribution in [1.82, 2.24) is 4.90 Å². The largest absolute Gasteiger partial charge is 0.478 e. The Balaban J connectivity index is 2.27. The molecule has 1 unspecified atom stereocenters. The number of hydrogen-bond acceptors (Lipinski definition) is 4. The first kappa shape index (κ1) is 18.0. The van der Waals surface area contributed by atoms with Crippen molar-refractivity contribution in [3.8, 4) is 5.75 Å². The fourth-order valence-electron chi connectivity index (χ4n) is 2.61. The molecule has 0 fully saturated rings. The van der Waals surface area contributed by atoms with E-state index in [1.807, 2.05) is 6.92 Å². The summed E-state index contributed by atoms with van der Waals surface area (Å²) >= 11 is 0. The minimum Gasteiger partial charge on any atom is -0.478 e. The lowest BCUT2D eigenvalue weighted by atomic mass is 10.1. The van der Waals surface area contributed by atoms with E-state index in [2.05, 4.69) is 6.92 Å². The van der Waals surface area contributed by atoms with E-state index in [1.54, 1.807) is 30.1 Å². The van der Waals surface area contributed by atoms with Crippen LogP contribution in [0.4, 0.5) is 5.69 Å². The highest BCUT2D eigenvalue weighted by atomic mass is 16.5. The Kier molecular flexibility index (Phi) is 5.95. The maximum Gasteiger partial charge on any atom is 0.268 e. The third-order valence-electron chi connectivity index (χ3n) is 4.16. The summed E-state index contributed by atoms with van der Waals surface area (Å²) in [5.41, 5.74) is 0.920. The molecular formula is C18H24N2O4. The Labute approximate surface area is 142 Å². The summed E-state index contributed by atoms with van der Waals surface area (Å²) in [5.74, 6) is 0.150. The number of benzene rings is 1. The molecule has 1 aromatic carbocycles. The van der Waals surface area contributed by atoms with Crippen LogP contribution in [-0.4, -0.2) is 49.2 Å². The number of carbonyl (C=O) groups excluding carboxylic acids is 3. The predicted octanol–water partition coefficient (Wildman–Crippen LogP) is 2.26. The molecule has 0 bridgehead atoms. The summed E-state index contributed by atoms with van der Waals surface area (Å²) in [6.07, 6.45) is 2.54. The van der Waals surface area contributed by atoms with E-state index in [9.17, 15) is 14.4 Å². The van der Waals surface area contributed by atoms with Crippen LogP contribution in [0.1, 0.15) is 43.5 Å². The van der Waals surface area contributed by atoms with Gasteiger partial charge in [0.05, 0.1) is 5.69 Å². The van der Waals surface area contributed by atoms with Gasteiger partial charge in [-0.05, 0) is 31.0 Å². The molecule has 0 N–H and O–H groups in total. The van der Waals surface area contributed by atoms with Crippen molar-refractivity contribution in [2.75, 3.05) is 25.0 Å². The van der Waals surface area contributed by atoms with Gasteiger partial charge in [-0.3, -0.25) is 19.3 Å². The molecule has 6 nitrogen and oxygen atoms in total. The van der Waals surface area contributed by atoms with Crippen LogP contribution < -0.4 is 9.64 Å². The van der Waals surface area contributed by atoms with Crippen LogP contribution in [-0.2, 0) is 9.59 Å². The van der Waals surface area contributed by atoms with E-state index in [1.165, 1.54) is 4.90 Å². The highest BCUT2D eigenvalue weighted by molar-refractivity contribution is 6.04. The number of carbonyl (C=O) groups is 3. The van der Waals surface area contributed by atoms with Gasteiger partial charge in [-0.2, -0.15) is 0 Å². The zero-order valence-corrected chi connectivity index (χ0v) is 14.4. The quantitative estimate of drug-likeness (QED) is 0.718. The number of unbranched alkanes of at least 4 members (excludes halogenated alkanes) is 1. The fourth-order valence-corrected chi connectivity index (χ4v) is 2.61. The molecule has 130 valence electrons. The Hall–Kier alpha value is -2.37. The molecule has 24 heavy (non-hydrogen) atoms. The SMILES string of the molecule is CCCCN(C)C(=O)CN1C(=O)C(CC)Oc2ccc(C=O)cc21. The Morgan fingerprint density at radius 2 is 2.12 bits per heavy atom. The van der Waals surface area contributed by atoms with Gasteiger partial charge in [-0.25, -0.2) is 0 Å². The van der Waals surface area contributed by atoms with Crippen LogP contribution in [0, 0.1) is 0 Å². The monoisotopic (exact) mass is 332 g/mol. The Morgan fingerprint density at radius 1 is 1.38 bits per heavy atom. The van der Waals surface area contributed by atoms with Gasteiger partial charge in [0.15, 0.2) is 6.10 Å². The highest BCUT2D eigenvalue weighted by Gasteiger charge is 2.35. The molecule has 0 saturated carbocycles. The van der Waals surface area contributed by atoms with Gasteiger partial charge in [0.2, 0.25) is 5.91 Å². The molecule has 1 aliphatic heterocycles. The topological polar surface area (TPSA) is 66.9 Å². The van der Waals surface area contributed by atoms with Gasteiger partial charge >= 0.3 is 0 Å². The molecule has 2 rings (SSSR count). The third kappa shape index (κ3) is 3.75. The first-order valence-electron chi connectivity index (χ1n) is 8.33. The van der Waals surface area contributed by atoms with Crippen LogP contribution in [0.25, 0.3) is 0 Å². The Bertz CT molecular complexity index is 629. The number of anilines is 1.